The molecule has 0 aliphatic carbocycles. The van der Waals surface area contributed by atoms with Gasteiger partial charge in [-0.15, -0.1) is 0 Å². The van der Waals surface area contributed by atoms with E-state index in [1.807, 2.05) is 0 Å². The second-order valence-electron chi connectivity index (χ2n) is 4.90. The fourth-order valence-corrected chi connectivity index (χ4v) is 3.77. The molecule has 1 aliphatic heterocycles. The normalized spacial score (nSPS) is 21.8. The number of hydrogen-bond donors (Lipinski definition) is 2. The predicted octanol–water partition coefficient (Wildman–Crippen LogP) is 0.107. The Morgan fingerprint density at radius 1 is 1.60 bits per heavy atom. The Hall–Kier alpha value is -1.09. The summed E-state index contributed by atoms with van der Waals surface area (Å²) in [6, 6.07) is 2.95. The van der Waals surface area contributed by atoms with Gasteiger partial charge in [0.2, 0.25) is 10.0 Å². The van der Waals surface area contributed by atoms with Gasteiger partial charge in [-0.05, 0) is 31.4 Å². The third-order valence-electron chi connectivity index (χ3n) is 3.50. The first-order valence-electron chi connectivity index (χ1n) is 6.26. The Morgan fingerprint density at radius 3 is 2.75 bits per heavy atom. The number of rotatable bonds is 4. The Labute approximate surface area is 123 Å². The molecule has 3 N–H and O–H groups in total. The molecule has 0 radical (unpaired) electrons. The fraction of sp³-hybridized carbons (Fsp3) is 0.500. The van der Waals surface area contributed by atoms with Gasteiger partial charge in [0.25, 0.3) is 0 Å². The highest BCUT2D eigenvalue weighted by Crippen LogP contribution is 2.25. The van der Waals surface area contributed by atoms with Crippen molar-refractivity contribution in [2.45, 2.75) is 24.3 Å². The topological polar surface area (TPSA) is 96.5 Å². The molecular formula is C12H17N3O3S2. The van der Waals surface area contributed by atoms with E-state index in [4.69, 9.17) is 18.0 Å². The van der Waals surface area contributed by atoms with Crippen LogP contribution in [0.5, 0.6) is 0 Å². The fourth-order valence-electron chi connectivity index (χ4n) is 2.19. The molecule has 2 unspecified atom stereocenters. The summed E-state index contributed by atoms with van der Waals surface area (Å²) in [7, 11) is -3.57. The van der Waals surface area contributed by atoms with Gasteiger partial charge in [-0.25, -0.2) is 8.42 Å². The van der Waals surface area contributed by atoms with Gasteiger partial charge < -0.3 is 10.8 Å². The van der Waals surface area contributed by atoms with Crippen molar-refractivity contribution < 1.29 is 13.5 Å². The third kappa shape index (κ3) is 2.98. The standard InChI is InChI=1S/C12H17N3O3S2/c1-8(16)9-4-5-15(7-9)20(17,18)10-2-3-11(12(13)19)14-6-10/h2-3,6,8-9,16H,4-5,7H2,1H3,(H2,13,19). The van der Waals surface area contributed by atoms with E-state index in [0.717, 1.165) is 0 Å². The summed E-state index contributed by atoms with van der Waals surface area (Å²) < 4.78 is 26.2. The number of thiocarbonyl (C=S) groups is 1. The minimum absolute atomic E-state index is 0.0198. The predicted molar refractivity (Wildman–Crippen MR) is 78.7 cm³/mol. The van der Waals surface area contributed by atoms with Crippen LogP contribution in [0.4, 0.5) is 0 Å². The van der Waals surface area contributed by atoms with Crippen molar-refractivity contribution in [2.24, 2.45) is 11.7 Å². The van der Waals surface area contributed by atoms with Crippen molar-refractivity contribution in [2.75, 3.05) is 13.1 Å². The van der Waals surface area contributed by atoms with Gasteiger partial charge in [-0.2, -0.15) is 4.31 Å². The zero-order valence-electron chi connectivity index (χ0n) is 11.1. The van der Waals surface area contributed by atoms with Gasteiger partial charge in [0.15, 0.2) is 0 Å². The highest BCUT2D eigenvalue weighted by atomic mass is 32.2. The molecule has 1 aromatic rings. The number of nitrogens with zero attached hydrogens (tertiary/aromatic N) is 2. The van der Waals surface area contributed by atoms with E-state index >= 15 is 0 Å². The molecule has 2 atom stereocenters. The summed E-state index contributed by atoms with van der Waals surface area (Å²) in [5.41, 5.74) is 5.82. The van der Waals surface area contributed by atoms with E-state index in [9.17, 15) is 13.5 Å². The van der Waals surface area contributed by atoms with Crippen LogP contribution in [0.3, 0.4) is 0 Å². The molecule has 1 aliphatic rings. The lowest BCUT2D eigenvalue weighted by atomic mass is 10.0. The maximum Gasteiger partial charge on any atom is 0.244 e. The van der Waals surface area contributed by atoms with E-state index in [1.54, 1.807) is 6.92 Å². The SMILES string of the molecule is CC(O)C1CCN(S(=O)(=O)c2ccc(C(N)=S)nc2)C1. The van der Waals surface area contributed by atoms with Gasteiger partial charge in [-0.1, -0.05) is 12.2 Å². The van der Waals surface area contributed by atoms with E-state index in [-0.39, 0.29) is 15.8 Å². The van der Waals surface area contributed by atoms with Gasteiger partial charge in [0.05, 0.1) is 11.8 Å². The molecule has 2 rings (SSSR count). The number of nitrogens with two attached hydrogens (primary N) is 1. The summed E-state index contributed by atoms with van der Waals surface area (Å²) in [4.78, 5) is 4.19. The quantitative estimate of drug-likeness (QED) is 0.765. The van der Waals surface area contributed by atoms with E-state index < -0.39 is 16.1 Å². The van der Waals surface area contributed by atoms with Crippen LogP contribution in [-0.4, -0.2) is 47.0 Å². The molecular weight excluding hydrogens is 298 g/mol. The monoisotopic (exact) mass is 315 g/mol. The minimum Gasteiger partial charge on any atom is -0.393 e. The average Bonchev–Trinajstić information content (AvgIpc) is 2.89. The summed E-state index contributed by atoms with van der Waals surface area (Å²) >= 11 is 4.78. The smallest absolute Gasteiger partial charge is 0.244 e. The van der Waals surface area contributed by atoms with Crippen molar-refractivity contribution in [3.63, 3.8) is 0 Å². The number of pyridine rings is 1. The van der Waals surface area contributed by atoms with Crippen LogP contribution >= 0.6 is 12.2 Å². The molecule has 2 heterocycles. The molecule has 1 aromatic heterocycles. The van der Waals surface area contributed by atoms with Crippen molar-refractivity contribution in [1.82, 2.24) is 9.29 Å². The average molecular weight is 315 g/mol. The van der Waals surface area contributed by atoms with Crippen molar-refractivity contribution >= 4 is 27.2 Å². The molecule has 0 spiro atoms. The first-order valence-corrected chi connectivity index (χ1v) is 8.11. The number of aromatic nitrogens is 1. The molecule has 20 heavy (non-hydrogen) atoms. The summed E-state index contributed by atoms with van der Waals surface area (Å²) in [6.07, 6.45) is 1.42. The lowest BCUT2D eigenvalue weighted by Crippen LogP contribution is -2.30. The maximum absolute atomic E-state index is 12.4. The summed E-state index contributed by atoms with van der Waals surface area (Å²) in [6.45, 7) is 2.42. The lowest BCUT2D eigenvalue weighted by molar-refractivity contribution is 0.133. The molecule has 110 valence electrons. The van der Waals surface area contributed by atoms with Gasteiger partial charge >= 0.3 is 0 Å². The minimum atomic E-state index is -3.57. The van der Waals surface area contributed by atoms with Crippen LogP contribution in [0.2, 0.25) is 0 Å². The Balaban J connectivity index is 2.21. The molecule has 1 saturated heterocycles. The Bertz CT molecular complexity index is 599. The molecule has 0 amide bonds. The maximum atomic E-state index is 12.4. The van der Waals surface area contributed by atoms with Crippen LogP contribution in [0, 0.1) is 5.92 Å². The number of sulfonamides is 1. The van der Waals surface area contributed by atoms with Crippen LogP contribution in [-0.2, 0) is 10.0 Å². The zero-order valence-corrected chi connectivity index (χ0v) is 12.7. The number of aliphatic hydroxyl groups excluding tert-OH is 1. The van der Waals surface area contributed by atoms with Crippen molar-refractivity contribution in [1.29, 1.82) is 0 Å². The van der Waals surface area contributed by atoms with Crippen LogP contribution in [0.1, 0.15) is 19.0 Å². The zero-order chi connectivity index (χ0) is 14.9. The summed E-state index contributed by atoms with van der Waals surface area (Å²) in [5, 5.41) is 9.54. The Kier molecular flexibility index (Phi) is 4.38. The molecule has 1 fully saturated rings. The largest absolute Gasteiger partial charge is 0.393 e. The van der Waals surface area contributed by atoms with Gasteiger partial charge in [0.1, 0.15) is 9.88 Å². The van der Waals surface area contributed by atoms with E-state index in [0.29, 0.717) is 25.2 Å². The first kappa shape index (κ1) is 15.3. The van der Waals surface area contributed by atoms with Crippen LogP contribution < -0.4 is 5.73 Å². The Morgan fingerprint density at radius 2 is 2.30 bits per heavy atom. The van der Waals surface area contributed by atoms with Crippen LogP contribution in [0.15, 0.2) is 23.2 Å². The summed E-state index contributed by atoms with van der Waals surface area (Å²) in [5.74, 6) is -0.0198. The number of hydrogen-bond acceptors (Lipinski definition) is 5. The first-order chi connectivity index (χ1) is 9.32. The van der Waals surface area contributed by atoms with Crippen molar-refractivity contribution in [3.8, 4) is 0 Å². The highest BCUT2D eigenvalue weighted by molar-refractivity contribution is 7.89. The highest BCUT2D eigenvalue weighted by Gasteiger charge is 2.34. The second-order valence-corrected chi connectivity index (χ2v) is 7.27. The molecule has 8 heteroatoms. The molecule has 0 bridgehead atoms. The lowest BCUT2D eigenvalue weighted by Gasteiger charge is -2.17. The van der Waals surface area contributed by atoms with Gasteiger partial charge in [-0.3, -0.25) is 4.98 Å². The molecule has 6 nitrogen and oxygen atoms in total. The van der Waals surface area contributed by atoms with Crippen molar-refractivity contribution in [3.05, 3.63) is 24.0 Å². The molecule has 0 aromatic carbocycles. The van der Waals surface area contributed by atoms with Gasteiger partial charge in [0, 0.05) is 19.3 Å². The van der Waals surface area contributed by atoms with Crippen LogP contribution in [0.25, 0.3) is 0 Å². The van der Waals surface area contributed by atoms with E-state index in [1.165, 1.54) is 22.6 Å². The second kappa shape index (κ2) is 5.72. The molecule has 0 saturated carbocycles. The number of aliphatic hydroxyl groups is 1. The third-order valence-corrected chi connectivity index (χ3v) is 5.55. The van der Waals surface area contributed by atoms with E-state index in [2.05, 4.69) is 4.98 Å².